The molecule has 0 atom stereocenters. The van der Waals surface area contributed by atoms with E-state index in [0.29, 0.717) is 0 Å². The summed E-state index contributed by atoms with van der Waals surface area (Å²) in [6.45, 7) is 18.9. The number of hydrogen-bond acceptors (Lipinski definition) is 0. The van der Waals surface area contributed by atoms with Crippen molar-refractivity contribution in [2.45, 2.75) is 41.5 Å². The van der Waals surface area contributed by atoms with Crippen LogP contribution in [0.1, 0.15) is 41.5 Å². The Morgan fingerprint density at radius 1 is 0.875 bits per heavy atom. The van der Waals surface area contributed by atoms with E-state index >= 15 is 0 Å². The molecule has 0 heterocycles. The van der Waals surface area contributed by atoms with Gasteiger partial charge in [0.1, 0.15) is 0 Å². The van der Waals surface area contributed by atoms with E-state index in [1.54, 1.807) is 0 Å². The first-order valence-electron chi connectivity index (χ1n) is 5.82. The van der Waals surface area contributed by atoms with Gasteiger partial charge in [0.05, 0.1) is 0 Å². The maximum Gasteiger partial charge on any atom is 0.0486 e. The monoisotopic (exact) mass is 238 g/mol. The molecule has 0 aromatic heterocycles. The number of allylic oxidation sites excluding steroid dienone is 1. The number of hydrogen-bond donors (Lipinski definition) is 0. The van der Waals surface area contributed by atoms with Crippen LogP contribution < -0.4 is 0 Å². The quantitative estimate of drug-likeness (QED) is 0.435. The van der Waals surface area contributed by atoms with Crippen LogP contribution in [0.4, 0.5) is 0 Å². The molecule has 0 unspecified atom stereocenters. The molecule has 0 aromatic rings. The molecule has 0 radical (unpaired) electrons. The van der Waals surface area contributed by atoms with Crippen LogP contribution in [0.2, 0.25) is 0 Å². The molecule has 0 bridgehead atoms. The first-order chi connectivity index (χ1) is 6.81. The van der Waals surface area contributed by atoms with Gasteiger partial charge in [-0.05, 0) is 40.8 Å². The molecule has 0 aliphatic rings. The van der Waals surface area contributed by atoms with Gasteiger partial charge in [0.15, 0.2) is 0 Å². The van der Waals surface area contributed by atoms with Crippen molar-refractivity contribution in [3.05, 3.63) is 5.57 Å². The van der Waals surface area contributed by atoms with E-state index < -0.39 is 6.89 Å². The molecule has 1 heteroatoms. The topological polar surface area (TPSA) is 0 Å². The SMILES string of the molecule is CC(C)(C)C#CC(=C=P(C)(C)C)C(C)(C)C. The van der Waals surface area contributed by atoms with Crippen LogP contribution in [0.5, 0.6) is 0 Å². The zero-order valence-corrected chi connectivity index (χ0v) is 13.3. The third kappa shape index (κ3) is 7.87. The van der Waals surface area contributed by atoms with Crippen molar-refractivity contribution in [2.24, 2.45) is 10.8 Å². The molecule has 0 aliphatic heterocycles. The molecule has 0 spiro atoms. The summed E-state index contributed by atoms with van der Waals surface area (Å²) in [4.78, 5) is 0. The minimum absolute atomic E-state index is 0.0640. The van der Waals surface area contributed by atoms with Crippen molar-refractivity contribution in [1.29, 1.82) is 0 Å². The summed E-state index contributed by atoms with van der Waals surface area (Å²) < 4.78 is 0. The summed E-state index contributed by atoms with van der Waals surface area (Å²) in [6, 6.07) is 0. The molecule has 0 saturated carbocycles. The highest BCUT2D eigenvalue weighted by molar-refractivity contribution is 7.72. The lowest BCUT2D eigenvalue weighted by molar-refractivity contribution is 0.525. The van der Waals surface area contributed by atoms with Crippen LogP contribution in [0, 0.1) is 22.7 Å². The molecule has 0 nitrogen and oxygen atoms in total. The van der Waals surface area contributed by atoms with E-state index in [0.717, 1.165) is 0 Å². The standard InChI is InChI=1S/C15H27P/c1-14(2,3)11-10-13(15(4,5)6)12-16(7,8)9/h1-9H3. The van der Waals surface area contributed by atoms with Crippen LogP contribution in [0.3, 0.4) is 0 Å². The van der Waals surface area contributed by atoms with Gasteiger partial charge in [-0.25, -0.2) is 0 Å². The fraction of sp³-hybridized carbons (Fsp3) is 0.733. The molecular formula is C15H27P. The van der Waals surface area contributed by atoms with Gasteiger partial charge >= 0.3 is 0 Å². The highest BCUT2D eigenvalue weighted by Gasteiger charge is 2.16. The normalized spacial score (nSPS) is 12.6. The fourth-order valence-electron chi connectivity index (χ4n) is 0.969. The Morgan fingerprint density at radius 3 is 1.56 bits per heavy atom. The Bertz CT molecular complexity index is 379. The molecule has 0 fully saturated rings. The zero-order chi connectivity index (χ0) is 13.2. The average molecular weight is 238 g/mol. The lowest BCUT2D eigenvalue weighted by Crippen LogP contribution is -2.10. The Morgan fingerprint density at radius 2 is 1.31 bits per heavy atom. The smallest absolute Gasteiger partial charge is 0.0486 e. The summed E-state index contributed by atoms with van der Waals surface area (Å²) in [5.74, 6) is 6.66. The van der Waals surface area contributed by atoms with Crippen molar-refractivity contribution in [3.8, 4) is 11.8 Å². The van der Waals surface area contributed by atoms with Gasteiger partial charge in [0.2, 0.25) is 0 Å². The maximum atomic E-state index is 3.62. The molecule has 0 saturated heterocycles. The van der Waals surface area contributed by atoms with E-state index in [2.05, 4.69) is 78.8 Å². The first kappa shape index (κ1) is 15.6. The van der Waals surface area contributed by atoms with E-state index in [9.17, 15) is 0 Å². The van der Waals surface area contributed by atoms with Crippen LogP contribution in [0.25, 0.3) is 0 Å². The second kappa shape index (κ2) is 4.87. The zero-order valence-electron chi connectivity index (χ0n) is 12.4. The summed E-state index contributed by atoms with van der Waals surface area (Å²) in [5, 5.41) is 0. The highest BCUT2D eigenvalue weighted by Crippen LogP contribution is 2.33. The van der Waals surface area contributed by atoms with Gasteiger partial charge in [-0.1, -0.05) is 39.5 Å². The van der Waals surface area contributed by atoms with Crippen LogP contribution in [-0.2, 0) is 0 Å². The minimum atomic E-state index is -1.04. The van der Waals surface area contributed by atoms with E-state index in [-0.39, 0.29) is 10.8 Å². The predicted octanol–water partition coefficient (Wildman–Crippen LogP) is 4.32. The molecule has 0 aliphatic carbocycles. The molecular weight excluding hydrogens is 211 g/mol. The van der Waals surface area contributed by atoms with Gasteiger partial charge in [-0.3, -0.25) is 0 Å². The van der Waals surface area contributed by atoms with Crippen molar-refractivity contribution in [1.82, 2.24) is 0 Å². The van der Waals surface area contributed by atoms with Crippen molar-refractivity contribution in [2.75, 3.05) is 20.0 Å². The number of rotatable bonds is 0. The fourth-order valence-corrected chi connectivity index (χ4v) is 2.03. The summed E-state index contributed by atoms with van der Waals surface area (Å²) >= 11 is 0. The average Bonchev–Trinajstić information content (AvgIpc) is 1.91. The van der Waals surface area contributed by atoms with Crippen molar-refractivity contribution in [3.63, 3.8) is 0 Å². The second-order valence-corrected chi connectivity index (χ2v) is 11.5. The van der Waals surface area contributed by atoms with Gasteiger partial charge in [0, 0.05) is 16.4 Å². The third-order valence-corrected chi connectivity index (χ3v) is 2.65. The van der Waals surface area contributed by atoms with E-state index in [4.69, 9.17) is 0 Å². The van der Waals surface area contributed by atoms with Crippen molar-refractivity contribution >= 4 is 12.3 Å². The second-order valence-electron chi connectivity index (χ2n) is 7.25. The Hall–Kier alpha value is -0.360. The molecule has 92 valence electrons. The molecule has 0 amide bonds. The van der Waals surface area contributed by atoms with E-state index in [1.165, 1.54) is 5.57 Å². The largest absolute Gasteiger partial charge is 0.114 e. The van der Waals surface area contributed by atoms with Crippen LogP contribution in [-0.4, -0.2) is 25.4 Å². The van der Waals surface area contributed by atoms with Crippen LogP contribution >= 0.6 is 6.89 Å². The lowest BCUT2D eigenvalue weighted by atomic mass is 9.87. The summed E-state index contributed by atoms with van der Waals surface area (Å²) in [5.41, 5.74) is 4.96. The van der Waals surface area contributed by atoms with Gasteiger partial charge < -0.3 is 0 Å². The van der Waals surface area contributed by atoms with Crippen molar-refractivity contribution < 1.29 is 0 Å². The minimum Gasteiger partial charge on any atom is -0.114 e. The molecule has 0 N–H and O–H groups in total. The third-order valence-electron chi connectivity index (χ3n) is 1.76. The highest BCUT2D eigenvalue weighted by atomic mass is 31.2. The summed E-state index contributed by atoms with van der Waals surface area (Å²) in [6.07, 6.45) is 0. The molecule has 0 aromatic carbocycles. The van der Waals surface area contributed by atoms with Crippen LogP contribution in [0.15, 0.2) is 5.57 Å². The first-order valence-corrected chi connectivity index (χ1v) is 8.95. The molecule has 0 rings (SSSR count). The predicted molar refractivity (Wildman–Crippen MR) is 79.9 cm³/mol. The Kier molecular flexibility index (Phi) is 4.76. The van der Waals surface area contributed by atoms with Gasteiger partial charge in [-0.2, -0.15) is 0 Å². The maximum absolute atomic E-state index is 3.62. The molecule has 16 heavy (non-hydrogen) atoms. The lowest BCUT2D eigenvalue weighted by Gasteiger charge is -2.18. The van der Waals surface area contributed by atoms with Gasteiger partial charge in [0.25, 0.3) is 0 Å². The Labute approximate surface area is 103 Å². The summed E-state index contributed by atoms with van der Waals surface area (Å²) in [7, 11) is 0. The van der Waals surface area contributed by atoms with E-state index in [1.807, 2.05) is 0 Å². The van der Waals surface area contributed by atoms with Gasteiger partial charge in [-0.15, -0.1) is 5.45 Å². The Balaban J connectivity index is 5.69.